The molecule has 0 aliphatic heterocycles. The monoisotopic (exact) mass is 356 g/mol. The Morgan fingerprint density at radius 2 is 1.88 bits per heavy atom. The van der Waals surface area contributed by atoms with E-state index in [1.54, 1.807) is 31.2 Å². The standard InChI is InChI=1S/C20H21ClN2O2/c1-13(16-7-6-15-4-3-5-17(15)12-16)22-23-20(24)14(2)25-19-10-8-18(21)9-11-19/h6-12,14H,3-5H2,1-2H3,(H,23,24)/b22-13-. The van der Waals surface area contributed by atoms with Crippen LogP contribution in [0, 0.1) is 0 Å². The highest BCUT2D eigenvalue weighted by atomic mass is 35.5. The Labute approximate surface area is 152 Å². The molecule has 1 atom stereocenters. The molecule has 5 heteroatoms. The van der Waals surface area contributed by atoms with Crippen molar-refractivity contribution in [3.05, 3.63) is 64.2 Å². The van der Waals surface area contributed by atoms with E-state index in [0.29, 0.717) is 10.8 Å². The fourth-order valence-corrected chi connectivity index (χ4v) is 2.99. The Morgan fingerprint density at radius 1 is 1.16 bits per heavy atom. The molecule has 0 saturated heterocycles. The number of hydrazone groups is 1. The quantitative estimate of drug-likeness (QED) is 0.646. The van der Waals surface area contributed by atoms with Gasteiger partial charge in [0.15, 0.2) is 6.10 Å². The Morgan fingerprint density at radius 3 is 2.64 bits per heavy atom. The van der Waals surface area contributed by atoms with Gasteiger partial charge in [0.25, 0.3) is 5.91 Å². The lowest BCUT2D eigenvalue weighted by atomic mass is 10.0. The predicted octanol–water partition coefficient (Wildman–Crippen LogP) is 4.14. The number of amides is 1. The molecule has 2 aromatic carbocycles. The van der Waals surface area contributed by atoms with Crippen LogP contribution in [0.15, 0.2) is 47.6 Å². The Bertz CT molecular complexity index is 800. The van der Waals surface area contributed by atoms with Gasteiger partial charge in [-0.2, -0.15) is 5.10 Å². The lowest BCUT2D eigenvalue weighted by Crippen LogP contribution is -2.33. The lowest BCUT2D eigenvalue weighted by Gasteiger charge is -2.13. The van der Waals surface area contributed by atoms with Crippen LogP contribution >= 0.6 is 11.6 Å². The zero-order chi connectivity index (χ0) is 17.8. The highest BCUT2D eigenvalue weighted by Gasteiger charge is 2.15. The molecule has 1 N–H and O–H groups in total. The first-order chi connectivity index (χ1) is 12.0. The van der Waals surface area contributed by atoms with Gasteiger partial charge in [-0.25, -0.2) is 5.43 Å². The van der Waals surface area contributed by atoms with Crippen LogP contribution in [0.1, 0.15) is 37.0 Å². The third-order valence-corrected chi connectivity index (χ3v) is 4.60. The molecule has 1 amide bonds. The molecule has 0 bridgehead atoms. The van der Waals surface area contributed by atoms with Crippen molar-refractivity contribution in [2.75, 3.05) is 0 Å². The molecule has 2 aromatic rings. The predicted molar refractivity (Wildman–Crippen MR) is 100 cm³/mol. The number of hydrogen-bond acceptors (Lipinski definition) is 3. The van der Waals surface area contributed by atoms with Gasteiger partial charge >= 0.3 is 0 Å². The summed E-state index contributed by atoms with van der Waals surface area (Å²) in [5, 5.41) is 4.84. The van der Waals surface area contributed by atoms with Gasteiger partial charge < -0.3 is 4.74 Å². The van der Waals surface area contributed by atoms with Crippen LogP contribution in [0.5, 0.6) is 5.75 Å². The van der Waals surface area contributed by atoms with E-state index in [9.17, 15) is 4.79 Å². The summed E-state index contributed by atoms with van der Waals surface area (Å²) in [6, 6.07) is 13.3. The summed E-state index contributed by atoms with van der Waals surface area (Å²) >= 11 is 5.84. The van der Waals surface area contributed by atoms with Gasteiger partial charge in [0.05, 0.1) is 5.71 Å². The molecule has 0 aromatic heterocycles. The molecule has 1 unspecified atom stereocenters. The number of aryl methyl sites for hydroxylation is 2. The normalized spacial score (nSPS) is 14.8. The molecule has 3 rings (SSSR count). The van der Waals surface area contributed by atoms with Gasteiger partial charge in [-0.15, -0.1) is 0 Å². The highest BCUT2D eigenvalue weighted by Crippen LogP contribution is 2.23. The van der Waals surface area contributed by atoms with Crippen molar-refractivity contribution in [3.63, 3.8) is 0 Å². The smallest absolute Gasteiger partial charge is 0.280 e. The number of benzene rings is 2. The topological polar surface area (TPSA) is 50.7 Å². The van der Waals surface area contributed by atoms with Crippen LogP contribution in [-0.4, -0.2) is 17.7 Å². The molecule has 25 heavy (non-hydrogen) atoms. The minimum Gasteiger partial charge on any atom is -0.481 e. The summed E-state index contributed by atoms with van der Waals surface area (Å²) in [4.78, 5) is 12.2. The fourth-order valence-electron chi connectivity index (χ4n) is 2.86. The Hall–Kier alpha value is -2.33. The number of carbonyl (C=O) groups is 1. The largest absolute Gasteiger partial charge is 0.481 e. The van der Waals surface area contributed by atoms with Crippen LogP contribution in [-0.2, 0) is 17.6 Å². The number of ether oxygens (including phenoxy) is 1. The third kappa shape index (κ3) is 4.40. The van der Waals surface area contributed by atoms with E-state index < -0.39 is 6.10 Å². The second-order valence-electron chi connectivity index (χ2n) is 6.22. The maximum absolute atomic E-state index is 12.2. The van der Waals surface area contributed by atoms with Crippen LogP contribution in [0.25, 0.3) is 0 Å². The molecule has 0 heterocycles. The minimum atomic E-state index is -0.655. The molecule has 0 spiro atoms. The summed E-state index contributed by atoms with van der Waals surface area (Å²) in [6.45, 7) is 3.58. The maximum Gasteiger partial charge on any atom is 0.280 e. The maximum atomic E-state index is 12.2. The average molecular weight is 357 g/mol. The highest BCUT2D eigenvalue weighted by molar-refractivity contribution is 6.30. The van der Waals surface area contributed by atoms with Gasteiger partial charge in [0, 0.05) is 5.02 Å². The van der Waals surface area contributed by atoms with Gasteiger partial charge in [0.2, 0.25) is 0 Å². The number of halogens is 1. The van der Waals surface area contributed by atoms with Gasteiger partial charge in [-0.3, -0.25) is 4.79 Å². The van der Waals surface area contributed by atoms with Crippen LogP contribution in [0.2, 0.25) is 5.02 Å². The zero-order valence-electron chi connectivity index (χ0n) is 14.4. The summed E-state index contributed by atoms with van der Waals surface area (Å²) in [5.41, 5.74) is 7.20. The Balaban J connectivity index is 1.60. The first-order valence-corrected chi connectivity index (χ1v) is 8.79. The Kier molecular flexibility index (Phi) is 5.39. The van der Waals surface area contributed by atoms with Gasteiger partial charge in [-0.05, 0) is 80.1 Å². The minimum absolute atomic E-state index is 0.296. The second-order valence-corrected chi connectivity index (χ2v) is 6.66. The third-order valence-electron chi connectivity index (χ3n) is 4.35. The number of carbonyl (C=O) groups excluding carboxylic acids is 1. The van der Waals surface area contributed by atoms with Crippen molar-refractivity contribution in [1.82, 2.24) is 5.43 Å². The van der Waals surface area contributed by atoms with E-state index in [2.05, 4.69) is 28.7 Å². The number of fused-ring (bicyclic) bond motifs is 1. The van der Waals surface area contributed by atoms with E-state index in [1.807, 2.05) is 6.92 Å². The average Bonchev–Trinajstić information content (AvgIpc) is 3.08. The SMILES string of the molecule is C/C(=N/NC(=O)C(C)Oc1ccc(Cl)cc1)c1ccc2c(c1)CCC2. The summed E-state index contributed by atoms with van der Waals surface area (Å²) in [6.07, 6.45) is 2.83. The van der Waals surface area contributed by atoms with Crippen LogP contribution in [0.4, 0.5) is 0 Å². The second kappa shape index (κ2) is 7.70. The molecule has 0 radical (unpaired) electrons. The summed E-state index contributed by atoms with van der Waals surface area (Å²) in [5.74, 6) is 0.293. The van der Waals surface area contributed by atoms with Crippen molar-refractivity contribution in [3.8, 4) is 5.75 Å². The van der Waals surface area contributed by atoms with Crippen molar-refractivity contribution >= 4 is 23.2 Å². The van der Waals surface area contributed by atoms with Crippen LogP contribution < -0.4 is 10.2 Å². The molecule has 4 nitrogen and oxygen atoms in total. The molecular weight excluding hydrogens is 336 g/mol. The first-order valence-electron chi connectivity index (χ1n) is 8.41. The summed E-state index contributed by atoms with van der Waals surface area (Å²) in [7, 11) is 0. The van der Waals surface area contributed by atoms with E-state index >= 15 is 0 Å². The van der Waals surface area contributed by atoms with Crippen molar-refractivity contribution < 1.29 is 9.53 Å². The van der Waals surface area contributed by atoms with Gasteiger partial charge in [-0.1, -0.05) is 23.7 Å². The fraction of sp³-hybridized carbons (Fsp3) is 0.300. The summed E-state index contributed by atoms with van der Waals surface area (Å²) < 4.78 is 5.59. The molecule has 130 valence electrons. The lowest BCUT2D eigenvalue weighted by molar-refractivity contribution is -0.127. The van der Waals surface area contributed by atoms with Crippen molar-refractivity contribution in [1.29, 1.82) is 0 Å². The first kappa shape index (κ1) is 17.5. The van der Waals surface area contributed by atoms with Crippen molar-refractivity contribution in [2.24, 2.45) is 5.10 Å². The van der Waals surface area contributed by atoms with E-state index in [-0.39, 0.29) is 5.91 Å². The van der Waals surface area contributed by atoms with E-state index in [0.717, 1.165) is 24.1 Å². The van der Waals surface area contributed by atoms with Crippen LogP contribution in [0.3, 0.4) is 0 Å². The number of hydrogen-bond donors (Lipinski definition) is 1. The number of rotatable bonds is 5. The van der Waals surface area contributed by atoms with Gasteiger partial charge in [0.1, 0.15) is 5.75 Å². The zero-order valence-corrected chi connectivity index (χ0v) is 15.1. The molecular formula is C20H21ClN2O2. The number of nitrogens with one attached hydrogen (secondary N) is 1. The molecule has 0 fully saturated rings. The molecule has 1 aliphatic rings. The van der Waals surface area contributed by atoms with E-state index in [1.165, 1.54) is 17.5 Å². The molecule has 1 aliphatic carbocycles. The molecule has 0 saturated carbocycles. The van der Waals surface area contributed by atoms with Crippen molar-refractivity contribution in [2.45, 2.75) is 39.2 Å². The number of nitrogens with zero attached hydrogens (tertiary/aromatic N) is 1. The van der Waals surface area contributed by atoms with E-state index in [4.69, 9.17) is 16.3 Å².